The largest absolute Gasteiger partial charge is 0.497 e. The van der Waals surface area contributed by atoms with E-state index in [1.54, 1.807) is 81.6 Å². The number of aryl methyl sites for hydroxylation is 5. The molecule has 10 N–H and O–H groups in total. The smallest absolute Gasteiger partial charge is 0.291 e. The topological polar surface area (TPSA) is 464 Å². The quantitative estimate of drug-likeness (QED) is 0.0189. The number of benzene rings is 3. The first kappa shape index (κ1) is 93.9. The normalized spacial score (nSPS) is 12.2. The first-order valence-corrected chi connectivity index (χ1v) is 40.1. The highest BCUT2D eigenvalue weighted by molar-refractivity contribution is 6.30. The predicted molar refractivity (Wildman–Crippen MR) is 454 cm³/mol. The molecule has 0 spiro atoms. The molecule has 1 aliphatic rings. The van der Waals surface area contributed by atoms with Gasteiger partial charge in [-0.05, 0) is 107 Å². The predicted octanol–water partition coefficient (Wildman–Crippen LogP) is 4.12. The molecular formula is C82H106ClN23O17. The zero-order valence-electron chi connectivity index (χ0n) is 70.1. The number of halogens is 1. The molecular weight excluding hydrogens is 1610 g/mol. The molecule has 0 bridgehead atoms. The molecule has 3 aromatic carbocycles. The number of hydrogen-bond acceptors (Lipinski definition) is 25. The van der Waals surface area contributed by atoms with Crippen molar-refractivity contribution < 1.29 is 81.1 Å². The van der Waals surface area contributed by atoms with Gasteiger partial charge in [-0.2, -0.15) is 0 Å². The number of fused-ring (bicyclic) bond motifs is 3. The second-order valence-corrected chi connectivity index (χ2v) is 28.5. The maximum atomic E-state index is 13.6. The highest BCUT2D eigenvalue weighted by Gasteiger charge is 2.31. The molecule has 1 atom stereocenters. The SMILES string of the molecule is C=CN(C)/C(=C\NC(=O)c1nc(NC(=O)CCNC(=O)c2cc(NC(=O)c3nccn3C)cn2C)cn1C)C(=O)NCCC(=O)Nc1cn(C)c(C(=O)NCCC(=O)NCCCN(C)CCCNC(=O)CCOCCOCCOCCOCCOCCOc2ccc(NC(=O)C[C@H]3N=C(c4ccc(Cl)cc4)c4cc(OC)ccc4-n4c(C)nnc43)cc2)n1. The molecule has 1 aliphatic heterocycles. The third kappa shape index (κ3) is 29.7. The minimum atomic E-state index is -0.736. The number of carbonyl (C=O) groups is 10. The van der Waals surface area contributed by atoms with E-state index in [1.165, 1.54) is 63.6 Å². The van der Waals surface area contributed by atoms with Crippen LogP contribution in [0.5, 0.6) is 11.5 Å². The number of aromatic nitrogens is 10. The molecule has 0 fully saturated rings. The van der Waals surface area contributed by atoms with Crippen molar-refractivity contribution in [3.05, 3.63) is 179 Å². The molecule has 0 unspecified atom stereocenters. The fourth-order valence-corrected chi connectivity index (χ4v) is 12.4. The summed E-state index contributed by atoms with van der Waals surface area (Å²) in [6.45, 7) is 11.7. The Hall–Kier alpha value is -13.0. The van der Waals surface area contributed by atoms with Crippen LogP contribution in [0.4, 0.5) is 23.0 Å². The summed E-state index contributed by atoms with van der Waals surface area (Å²) in [4.78, 5) is 150. The van der Waals surface area contributed by atoms with Crippen LogP contribution in [0.25, 0.3) is 5.69 Å². The van der Waals surface area contributed by atoms with Gasteiger partial charge in [0.25, 0.3) is 29.5 Å². The van der Waals surface area contributed by atoms with Gasteiger partial charge in [-0.25, -0.2) is 15.0 Å². The fraction of sp³-hybridized carbons (Fsp3) is 0.415. The minimum Gasteiger partial charge on any atom is -0.497 e. The van der Waals surface area contributed by atoms with Crippen molar-refractivity contribution >= 4 is 99.4 Å². The van der Waals surface area contributed by atoms with E-state index in [4.69, 9.17) is 49.8 Å². The van der Waals surface area contributed by atoms with Gasteiger partial charge < -0.3 is 114 Å². The molecule has 41 heteroatoms. The summed E-state index contributed by atoms with van der Waals surface area (Å²) in [5, 5.41) is 36.5. The number of carbonyl (C=O) groups excluding carboxylic acids is 10. The van der Waals surface area contributed by atoms with Crippen LogP contribution in [-0.2, 0) is 80.6 Å². The van der Waals surface area contributed by atoms with Crippen LogP contribution in [-0.4, -0.2) is 262 Å². The Morgan fingerprint density at radius 3 is 1.69 bits per heavy atom. The summed E-state index contributed by atoms with van der Waals surface area (Å²) in [7, 11) is 11.5. The maximum absolute atomic E-state index is 13.6. The molecule has 9 rings (SSSR count). The Morgan fingerprint density at radius 1 is 0.537 bits per heavy atom. The number of amides is 10. The highest BCUT2D eigenvalue weighted by atomic mass is 35.5. The van der Waals surface area contributed by atoms with Gasteiger partial charge in [0.05, 0.1) is 96.7 Å². The van der Waals surface area contributed by atoms with E-state index >= 15 is 0 Å². The fourth-order valence-electron chi connectivity index (χ4n) is 12.3. The Kier molecular flexibility index (Phi) is 37.0. The van der Waals surface area contributed by atoms with Gasteiger partial charge in [0.15, 0.2) is 23.3 Å². The average molecular weight is 1720 g/mol. The van der Waals surface area contributed by atoms with Crippen molar-refractivity contribution in [2.24, 2.45) is 33.2 Å². The third-order valence-electron chi connectivity index (χ3n) is 18.7. The standard InChI is InChI=1S/C82H106ClN23O17/c1-10-101(4)65(50-90-81(115)77-97-67(53-105(77)8)95-70(109)24-30-87-78(112)64-47-58(51-103(64)6)92-82(116)75-86-32-35-102(75)5)79(113)88-31-25-71(110)94-66-52-104(7)76(96-66)80(114)89-29-23-68(107)84-27-11-33-100(3)34-12-28-85-69(108)26-36-118-37-38-119-39-40-120-41-42-121-43-44-122-45-46-123-59-19-17-57(18-20-59)91-72(111)49-62-74-99-98-54(2)106(74)63-22-21-60(117-9)48-61(63)73(93-62)55-13-15-56(83)16-14-55/h10,13-22,32,35,47-48,50-53,62H,1,11-12,23-31,33-34,36-46,49H2,2-9H3,(H,84,107)(H,85,108)(H,87,112)(H,88,113)(H,89,114)(H,90,115)(H,91,111)(H,92,116)(H,94,110)(H,95,109)/b65-50-/t62-/m1/s1. The lowest BCUT2D eigenvalue weighted by molar-refractivity contribution is -0.122. The molecule has 123 heavy (non-hydrogen) atoms. The monoisotopic (exact) mass is 1720 g/mol. The van der Waals surface area contributed by atoms with Crippen molar-refractivity contribution in [1.82, 2.24) is 89.7 Å². The van der Waals surface area contributed by atoms with Crippen molar-refractivity contribution in [1.29, 1.82) is 0 Å². The molecule has 40 nitrogen and oxygen atoms in total. The van der Waals surface area contributed by atoms with E-state index in [2.05, 4.69) is 89.8 Å². The first-order chi connectivity index (χ1) is 59.3. The van der Waals surface area contributed by atoms with Crippen LogP contribution in [0.3, 0.4) is 0 Å². The second-order valence-electron chi connectivity index (χ2n) is 28.0. The van der Waals surface area contributed by atoms with Gasteiger partial charge in [0.2, 0.25) is 41.2 Å². The average Bonchev–Trinajstić information content (AvgIpc) is 1.61. The lowest BCUT2D eigenvalue weighted by Gasteiger charge is -2.17. The lowest BCUT2D eigenvalue weighted by atomic mass is 10.00. The van der Waals surface area contributed by atoms with Crippen LogP contribution in [0, 0.1) is 6.92 Å². The van der Waals surface area contributed by atoms with Gasteiger partial charge in [-0.1, -0.05) is 30.3 Å². The van der Waals surface area contributed by atoms with Gasteiger partial charge >= 0.3 is 0 Å². The summed E-state index contributed by atoms with van der Waals surface area (Å²) >= 11 is 6.25. The first-order valence-electron chi connectivity index (χ1n) is 39.7. The number of nitrogens with one attached hydrogen (secondary N) is 10. The molecule has 0 saturated heterocycles. The van der Waals surface area contributed by atoms with Crippen molar-refractivity contribution in [3.8, 4) is 17.2 Å². The number of anilines is 4. The van der Waals surface area contributed by atoms with Crippen LogP contribution >= 0.6 is 11.6 Å². The number of aliphatic imine (C=N–C) groups is 1. The maximum Gasteiger partial charge on any atom is 0.291 e. The Morgan fingerprint density at radius 2 is 1.10 bits per heavy atom. The zero-order chi connectivity index (χ0) is 88.2. The van der Waals surface area contributed by atoms with Crippen molar-refractivity contribution in [2.75, 3.05) is 161 Å². The number of methoxy groups -OCH3 is 1. The molecule has 0 saturated carbocycles. The van der Waals surface area contributed by atoms with E-state index < -0.39 is 47.4 Å². The molecule has 6 heterocycles. The lowest BCUT2D eigenvalue weighted by Crippen LogP contribution is -2.35. The summed E-state index contributed by atoms with van der Waals surface area (Å²) in [6, 6.07) is 21.0. The summed E-state index contributed by atoms with van der Waals surface area (Å²) < 4.78 is 47.2. The molecule has 5 aromatic heterocycles. The summed E-state index contributed by atoms with van der Waals surface area (Å²) in [6.07, 6.45) is 11.3. The molecule has 658 valence electrons. The number of ether oxygens (including phenoxy) is 7. The van der Waals surface area contributed by atoms with Gasteiger partial charge in [0.1, 0.15) is 41.4 Å². The van der Waals surface area contributed by atoms with Crippen LogP contribution in [0.2, 0.25) is 5.02 Å². The van der Waals surface area contributed by atoms with Crippen LogP contribution in [0.15, 0.2) is 133 Å². The Labute approximate surface area is 715 Å². The number of likely N-dealkylation sites (N-methyl/N-ethyl adjacent to an activating group) is 1. The van der Waals surface area contributed by atoms with Gasteiger partial charge in [0, 0.05) is 153 Å². The highest BCUT2D eigenvalue weighted by Crippen LogP contribution is 2.35. The summed E-state index contributed by atoms with van der Waals surface area (Å²) in [5.41, 5.74) is 4.25. The third-order valence-corrected chi connectivity index (χ3v) is 18.9. The number of rotatable bonds is 52. The van der Waals surface area contributed by atoms with Gasteiger partial charge in [-0.3, -0.25) is 57.5 Å². The number of nitrogens with zero attached hydrogens (tertiary/aromatic N) is 13. The molecule has 0 radical (unpaired) electrons. The van der Waals surface area contributed by atoms with Gasteiger partial charge in [-0.15, -0.1) is 10.2 Å². The van der Waals surface area contributed by atoms with E-state index in [-0.39, 0.29) is 117 Å². The van der Waals surface area contributed by atoms with E-state index in [9.17, 15) is 47.9 Å². The Balaban J connectivity index is 0.521. The number of hydrogen-bond donors (Lipinski definition) is 10. The molecule has 8 aromatic rings. The second kappa shape index (κ2) is 48.5. The van der Waals surface area contributed by atoms with Crippen molar-refractivity contribution in [3.63, 3.8) is 0 Å². The van der Waals surface area contributed by atoms with E-state index in [1.807, 2.05) is 48.9 Å². The van der Waals surface area contributed by atoms with Crippen LogP contribution in [0.1, 0.15) is 116 Å². The van der Waals surface area contributed by atoms with Crippen molar-refractivity contribution in [2.45, 2.75) is 57.9 Å². The summed E-state index contributed by atoms with van der Waals surface area (Å²) in [5.74, 6) is -1.95. The van der Waals surface area contributed by atoms with Crippen LogP contribution < -0.4 is 62.6 Å². The Bertz CT molecular complexity index is 4990. The molecule has 0 aliphatic carbocycles. The minimum absolute atomic E-state index is 0.00140. The number of imidazole rings is 3. The van der Waals surface area contributed by atoms with E-state index in [0.29, 0.717) is 137 Å². The van der Waals surface area contributed by atoms with E-state index in [0.717, 1.165) is 36.0 Å². The zero-order valence-corrected chi connectivity index (χ0v) is 70.8. The molecule has 10 amide bonds.